The fraction of sp³-hybridized carbons (Fsp3) is 0.364. The van der Waals surface area contributed by atoms with E-state index in [2.05, 4.69) is 10.6 Å². The quantitative estimate of drug-likeness (QED) is 0.637. The maximum atomic E-state index is 12.5. The summed E-state index contributed by atoms with van der Waals surface area (Å²) in [5.74, 6) is -0.629. The highest BCUT2D eigenvalue weighted by atomic mass is 32.2. The summed E-state index contributed by atoms with van der Waals surface area (Å²) in [6, 6.07) is 11.9. The number of rotatable bonds is 9. The van der Waals surface area contributed by atoms with Crippen LogP contribution >= 0.6 is 0 Å². The first kappa shape index (κ1) is 23.6. The molecule has 0 aliphatic heterocycles. The third kappa shape index (κ3) is 6.14. The van der Waals surface area contributed by atoms with Gasteiger partial charge in [-0.15, -0.1) is 0 Å². The second kappa shape index (κ2) is 10.4. The fourth-order valence-electron chi connectivity index (χ4n) is 3.12. The van der Waals surface area contributed by atoms with Gasteiger partial charge in [-0.05, 0) is 43.7 Å². The molecular weight excluding hydrogens is 402 g/mol. The standard InChI is InChI=1S/C22H29N3O4S/c1-5-25(6-2)30(28,29)20-9-7-18(8-10-20)14-23-21(26)15-24-22(27)19-12-16(3)11-17(4)13-19/h7-13H,5-6,14-15H2,1-4H3,(H,23,26)(H,24,27). The molecule has 8 heteroatoms. The Hall–Kier alpha value is -2.71. The van der Waals surface area contributed by atoms with Gasteiger partial charge in [0, 0.05) is 25.2 Å². The van der Waals surface area contributed by atoms with Crippen LogP contribution in [0.4, 0.5) is 0 Å². The van der Waals surface area contributed by atoms with E-state index in [9.17, 15) is 18.0 Å². The molecule has 0 unspecified atom stereocenters. The van der Waals surface area contributed by atoms with Gasteiger partial charge in [-0.25, -0.2) is 8.42 Å². The Morgan fingerprint density at radius 3 is 2.00 bits per heavy atom. The van der Waals surface area contributed by atoms with Gasteiger partial charge in [-0.2, -0.15) is 4.31 Å². The summed E-state index contributed by atoms with van der Waals surface area (Å²) in [5.41, 5.74) is 3.25. The number of aryl methyl sites for hydroxylation is 2. The van der Waals surface area contributed by atoms with Crippen molar-refractivity contribution in [2.45, 2.75) is 39.1 Å². The van der Waals surface area contributed by atoms with Crippen LogP contribution in [0.25, 0.3) is 0 Å². The molecule has 0 heterocycles. The van der Waals surface area contributed by atoms with Gasteiger partial charge in [0.1, 0.15) is 0 Å². The zero-order valence-electron chi connectivity index (χ0n) is 17.9. The van der Waals surface area contributed by atoms with E-state index < -0.39 is 10.0 Å². The number of nitrogens with one attached hydrogen (secondary N) is 2. The van der Waals surface area contributed by atoms with Crippen LogP contribution in [-0.4, -0.2) is 44.2 Å². The third-order valence-electron chi connectivity index (χ3n) is 4.65. The maximum Gasteiger partial charge on any atom is 0.251 e. The smallest absolute Gasteiger partial charge is 0.251 e. The highest BCUT2D eigenvalue weighted by Gasteiger charge is 2.21. The van der Waals surface area contributed by atoms with Crippen LogP contribution in [0.3, 0.4) is 0 Å². The van der Waals surface area contributed by atoms with Crippen LogP contribution in [0, 0.1) is 13.8 Å². The van der Waals surface area contributed by atoms with Gasteiger partial charge >= 0.3 is 0 Å². The van der Waals surface area contributed by atoms with Crippen LogP contribution in [0.2, 0.25) is 0 Å². The van der Waals surface area contributed by atoms with Crippen LogP contribution in [-0.2, 0) is 21.4 Å². The highest BCUT2D eigenvalue weighted by molar-refractivity contribution is 7.89. The number of benzene rings is 2. The molecule has 2 N–H and O–H groups in total. The van der Waals surface area contributed by atoms with Gasteiger partial charge in [-0.1, -0.05) is 43.2 Å². The zero-order valence-corrected chi connectivity index (χ0v) is 18.7. The van der Waals surface area contributed by atoms with E-state index in [-0.39, 0.29) is 29.8 Å². The van der Waals surface area contributed by atoms with Crippen LogP contribution in [0.15, 0.2) is 47.4 Å². The number of nitrogens with zero attached hydrogens (tertiary/aromatic N) is 1. The first-order chi connectivity index (χ1) is 14.2. The van der Waals surface area contributed by atoms with Gasteiger partial charge in [0.25, 0.3) is 5.91 Å². The minimum absolute atomic E-state index is 0.139. The van der Waals surface area contributed by atoms with E-state index in [0.29, 0.717) is 18.7 Å². The van der Waals surface area contributed by atoms with Gasteiger partial charge in [0.15, 0.2) is 0 Å². The minimum atomic E-state index is -3.50. The highest BCUT2D eigenvalue weighted by Crippen LogP contribution is 2.16. The molecule has 2 aromatic carbocycles. The molecule has 7 nitrogen and oxygen atoms in total. The minimum Gasteiger partial charge on any atom is -0.350 e. The molecule has 2 amide bonds. The Kier molecular flexibility index (Phi) is 8.14. The average molecular weight is 432 g/mol. The van der Waals surface area contributed by atoms with Gasteiger partial charge in [0.2, 0.25) is 15.9 Å². The largest absolute Gasteiger partial charge is 0.350 e. The molecular formula is C22H29N3O4S. The van der Waals surface area contributed by atoms with E-state index in [4.69, 9.17) is 0 Å². The lowest BCUT2D eigenvalue weighted by Gasteiger charge is -2.18. The van der Waals surface area contributed by atoms with Gasteiger partial charge in [-0.3, -0.25) is 9.59 Å². The number of carbonyl (C=O) groups is 2. The van der Waals surface area contributed by atoms with Crippen molar-refractivity contribution >= 4 is 21.8 Å². The second-order valence-electron chi connectivity index (χ2n) is 7.07. The second-order valence-corrected chi connectivity index (χ2v) is 9.01. The molecule has 0 radical (unpaired) electrons. The number of hydrogen-bond acceptors (Lipinski definition) is 4. The van der Waals surface area contributed by atoms with E-state index in [1.54, 1.807) is 38.1 Å². The number of carbonyl (C=O) groups excluding carboxylic acids is 2. The van der Waals surface area contributed by atoms with Crippen LogP contribution in [0.1, 0.15) is 40.9 Å². The Balaban J connectivity index is 1.88. The summed E-state index contributed by atoms with van der Waals surface area (Å²) in [7, 11) is -3.50. The SMILES string of the molecule is CCN(CC)S(=O)(=O)c1ccc(CNC(=O)CNC(=O)c2cc(C)cc(C)c2)cc1. The molecule has 0 saturated carbocycles. The van der Waals surface area contributed by atoms with E-state index in [0.717, 1.165) is 16.7 Å². The molecule has 0 atom stereocenters. The first-order valence-electron chi connectivity index (χ1n) is 9.89. The number of sulfonamides is 1. The molecule has 0 spiro atoms. The summed E-state index contributed by atoms with van der Waals surface area (Å²) < 4.78 is 26.4. The van der Waals surface area contributed by atoms with E-state index in [1.165, 1.54) is 16.4 Å². The molecule has 0 aliphatic carbocycles. The molecule has 2 rings (SSSR count). The topological polar surface area (TPSA) is 95.6 Å². The predicted octanol–water partition coefficient (Wildman–Crippen LogP) is 2.38. The Morgan fingerprint density at radius 2 is 1.47 bits per heavy atom. The lowest BCUT2D eigenvalue weighted by atomic mass is 10.1. The Morgan fingerprint density at radius 1 is 0.900 bits per heavy atom. The predicted molar refractivity (Wildman–Crippen MR) is 117 cm³/mol. The monoisotopic (exact) mass is 431 g/mol. The maximum absolute atomic E-state index is 12.5. The Labute approximate surface area is 178 Å². The van der Waals surface area contributed by atoms with Crippen molar-refractivity contribution in [3.8, 4) is 0 Å². The lowest BCUT2D eigenvalue weighted by Crippen LogP contribution is -2.36. The molecule has 0 fully saturated rings. The summed E-state index contributed by atoms with van der Waals surface area (Å²) in [5, 5.41) is 5.33. The molecule has 0 aromatic heterocycles. The molecule has 0 bridgehead atoms. The molecule has 0 aliphatic rings. The number of hydrogen-bond donors (Lipinski definition) is 2. The summed E-state index contributed by atoms with van der Waals surface area (Å²) >= 11 is 0. The van der Waals surface area contributed by atoms with E-state index in [1.807, 2.05) is 19.9 Å². The molecule has 162 valence electrons. The van der Waals surface area contributed by atoms with Crippen molar-refractivity contribution in [2.24, 2.45) is 0 Å². The van der Waals surface area contributed by atoms with Crippen molar-refractivity contribution in [3.05, 3.63) is 64.7 Å². The summed E-state index contributed by atoms with van der Waals surface area (Å²) in [6.45, 7) is 8.33. The number of amides is 2. The van der Waals surface area contributed by atoms with Crippen molar-refractivity contribution < 1.29 is 18.0 Å². The summed E-state index contributed by atoms with van der Waals surface area (Å²) in [4.78, 5) is 24.5. The van der Waals surface area contributed by atoms with Crippen molar-refractivity contribution in [2.75, 3.05) is 19.6 Å². The van der Waals surface area contributed by atoms with Gasteiger partial charge in [0.05, 0.1) is 11.4 Å². The fourth-order valence-corrected chi connectivity index (χ4v) is 4.58. The van der Waals surface area contributed by atoms with Crippen LogP contribution in [0.5, 0.6) is 0 Å². The van der Waals surface area contributed by atoms with Gasteiger partial charge < -0.3 is 10.6 Å². The van der Waals surface area contributed by atoms with Crippen molar-refractivity contribution in [1.29, 1.82) is 0 Å². The third-order valence-corrected chi connectivity index (χ3v) is 6.71. The van der Waals surface area contributed by atoms with Crippen molar-refractivity contribution in [1.82, 2.24) is 14.9 Å². The molecule has 30 heavy (non-hydrogen) atoms. The zero-order chi connectivity index (χ0) is 22.3. The first-order valence-corrected chi connectivity index (χ1v) is 11.3. The van der Waals surface area contributed by atoms with Crippen molar-refractivity contribution in [3.63, 3.8) is 0 Å². The average Bonchev–Trinajstić information content (AvgIpc) is 2.70. The summed E-state index contributed by atoms with van der Waals surface area (Å²) in [6.07, 6.45) is 0. The van der Waals surface area contributed by atoms with Crippen LogP contribution < -0.4 is 10.6 Å². The Bertz CT molecular complexity index is 977. The molecule has 0 saturated heterocycles. The normalized spacial score (nSPS) is 11.4. The van der Waals surface area contributed by atoms with E-state index >= 15 is 0 Å². The molecule has 2 aromatic rings. The lowest BCUT2D eigenvalue weighted by molar-refractivity contribution is -0.120.